The second kappa shape index (κ2) is 5.67. The molecule has 0 unspecified atom stereocenters. The molecule has 4 nitrogen and oxygen atoms in total. The van der Waals surface area contributed by atoms with Gasteiger partial charge in [0, 0.05) is 25.5 Å². The van der Waals surface area contributed by atoms with Crippen LogP contribution in [0.5, 0.6) is 0 Å². The highest BCUT2D eigenvalue weighted by Crippen LogP contribution is 2.21. The van der Waals surface area contributed by atoms with Crippen LogP contribution < -0.4 is 0 Å². The third-order valence-electron chi connectivity index (χ3n) is 3.51. The Balaban J connectivity index is 1.84. The summed E-state index contributed by atoms with van der Waals surface area (Å²) in [6, 6.07) is 8.21. The summed E-state index contributed by atoms with van der Waals surface area (Å²) in [5.74, 6) is 1.38. The summed E-state index contributed by atoms with van der Waals surface area (Å²) >= 11 is 6.03. The number of benzene rings is 1. The molecule has 0 fully saturated rings. The molecule has 20 heavy (non-hydrogen) atoms. The van der Waals surface area contributed by atoms with Crippen LogP contribution in [0.3, 0.4) is 0 Å². The van der Waals surface area contributed by atoms with E-state index in [0.717, 1.165) is 30.9 Å². The minimum absolute atomic E-state index is 0.440. The number of hydrogen-bond donors (Lipinski definition) is 0. The Hall–Kier alpha value is -1.81. The Morgan fingerprint density at radius 3 is 2.85 bits per heavy atom. The fourth-order valence-electron chi connectivity index (χ4n) is 2.51. The first-order valence-corrected chi connectivity index (χ1v) is 7.31. The standard InChI is InChI=1S/C15H17ClN4/c1-12-5-2-6-13-15(12)18-14(11-16)20(13)10-4-9-19-8-3-7-17-19/h2-3,5-8H,4,9-11H2,1H3. The summed E-state index contributed by atoms with van der Waals surface area (Å²) in [4.78, 5) is 4.65. The quantitative estimate of drug-likeness (QED) is 0.675. The van der Waals surface area contributed by atoms with E-state index in [0.29, 0.717) is 5.88 Å². The zero-order chi connectivity index (χ0) is 13.9. The number of hydrogen-bond acceptors (Lipinski definition) is 2. The lowest BCUT2D eigenvalue weighted by Gasteiger charge is -2.08. The third-order valence-corrected chi connectivity index (χ3v) is 3.75. The topological polar surface area (TPSA) is 35.6 Å². The number of para-hydroxylation sites is 1. The highest BCUT2D eigenvalue weighted by atomic mass is 35.5. The molecule has 0 saturated carbocycles. The van der Waals surface area contributed by atoms with E-state index >= 15 is 0 Å². The molecule has 3 rings (SSSR count). The second-order valence-corrected chi connectivity index (χ2v) is 5.15. The number of aryl methyl sites for hydroxylation is 3. The van der Waals surface area contributed by atoms with Crippen LogP contribution in [0.4, 0.5) is 0 Å². The SMILES string of the molecule is Cc1cccc2c1nc(CCl)n2CCCn1cccn1. The molecule has 0 aliphatic heterocycles. The molecule has 0 radical (unpaired) electrons. The fraction of sp³-hybridized carbons (Fsp3) is 0.333. The van der Waals surface area contributed by atoms with E-state index < -0.39 is 0 Å². The lowest BCUT2D eigenvalue weighted by Crippen LogP contribution is -2.06. The van der Waals surface area contributed by atoms with Gasteiger partial charge in [-0.2, -0.15) is 5.10 Å². The van der Waals surface area contributed by atoms with Crippen molar-refractivity contribution in [2.45, 2.75) is 32.3 Å². The first-order chi connectivity index (χ1) is 9.79. The van der Waals surface area contributed by atoms with Gasteiger partial charge in [0.25, 0.3) is 0 Å². The smallest absolute Gasteiger partial charge is 0.124 e. The first kappa shape index (κ1) is 13.2. The largest absolute Gasteiger partial charge is 0.327 e. The minimum atomic E-state index is 0.440. The molecular weight excluding hydrogens is 272 g/mol. The maximum Gasteiger partial charge on any atom is 0.124 e. The van der Waals surface area contributed by atoms with Gasteiger partial charge in [-0.05, 0) is 31.0 Å². The van der Waals surface area contributed by atoms with E-state index in [1.807, 2.05) is 16.9 Å². The van der Waals surface area contributed by atoms with Crippen molar-refractivity contribution in [3.8, 4) is 0 Å². The molecule has 0 amide bonds. The van der Waals surface area contributed by atoms with Gasteiger partial charge in [-0.1, -0.05) is 12.1 Å². The molecule has 0 bridgehead atoms. The van der Waals surface area contributed by atoms with Gasteiger partial charge in [0.2, 0.25) is 0 Å². The molecule has 0 aliphatic rings. The Morgan fingerprint density at radius 1 is 1.20 bits per heavy atom. The van der Waals surface area contributed by atoms with Crippen molar-refractivity contribution >= 4 is 22.6 Å². The maximum absolute atomic E-state index is 6.03. The molecule has 0 saturated heterocycles. The number of fused-ring (bicyclic) bond motifs is 1. The van der Waals surface area contributed by atoms with Crippen molar-refractivity contribution in [3.63, 3.8) is 0 Å². The summed E-state index contributed by atoms with van der Waals surface area (Å²) in [7, 11) is 0. The van der Waals surface area contributed by atoms with E-state index in [1.165, 1.54) is 11.1 Å². The summed E-state index contributed by atoms with van der Waals surface area (Å²) in [6.07, 6.45) is 4.80. The molecule has 2 heterocycles. The van der Waals surface area contributed by atoms with Crippen LogP contribution in [0.2, 0.25) is 0 Å². The van der Waals surface area contributed by atoms with Gasteiger partial charge in [-0.3, -0.25) is 4.68 Å². The molecule has 2 aromatic heterocycles. The summed E-state index contributed by atoms with van der Waals surface area (Å²) < 4.78 is 4.17. The van der Waals surface area contributed by atoms with Crippen LogP contribution in [-0.2, 0) is 19.0 Å². The van der Waals surface area contributed by atoms with Crippen LogP contribution in [0.25, 0.3) is 11.0 Å². The van der Waals surface area contributed by atoms with Gasteiger partial charge in [0.05, 0.1) is 16.9 Å². The van der Waals surface area contributed by atoms with Gasteiger partial charge in [0.15, 0.2) is 0 Å². The molecule has 5 heteroatoms. The number of nitrogens with zero attached hydrogens (tertiary/aromatic N) is 4. The zero-order valence-corrected chi connectivity index (χ0v) is 12.2. The molecule has 1 aromatic carbocycles. The zero-order valence-electron chi connectivity index (χ0n) is 11.5. The molecule has 3 aromatic rings. The van der Waals surface area contributed by atoms with Gasteiger partial charge in [-0.15, -0.1) is 11.6 Å². The number of aromatic nitrogens is 4. The van der Waals surface area contributed by atoms with Crippen molar-refractivity contribution in [2.24, 2.45) is 0 Å². The molecular formula is C15H17ClN4. The number of alkyl halides is 1. The van der Waals surface area contributed by atoms with Crippen molar-refractivity contribution in [1.82, 2.24) is 19.3 Å². The van der Waals surface area contributed by atoms with Crippen LogP contribution >= 0.6 is 11.6 Å². The van der Waals surface area contributed by atoms with E-state index in [-0.39, 0.29) is 0 Å². The molecule has 104 valence electrons. The number of imidazole rings is 1. The minimum Gasteiger partial charge on any atom is -0.327 e. The summed E-state index contributed by atoms with van der Waals surface area (Å²) in [5, 5.41) is 4.22. The third kappa shape index (κ3) is 2.43. The predicted octanol–water partition coefficient (Wildman–Crippen LogP) is 3.37. The van der Waals surface area contributed by atoms with E-state index in [9.17, 15) is 0 Å². The monoisotopic (exact) mass is 288 g/mol. The van der Waals surface area contributed by atoms with Crippen LogP contribution in [0.1, 0.15) is 17.8 Å². The Morgan fingerprint density at radius 2 is 2.10 bits per heavy atom. The van der Waals surface area contributed by atoms with Crippen molar-refractivity contribution in [2.75, 3.05) is 0 Å². The molecule has 0 aliphatic carbocycles. The highest BCUT2D eigenvalue weighted by molar-refractivity contribution is 6.16. The van der Waals surface area contributed by atoms with Crippen LogP contribution in [-0.4, -0.2) is 19.3 Å². The van der Waals surface area contributed by atoms with E-state index in [1.54, 1.807) is 6.20 Å². The average Bonchev–Trinajstić information content (AvgIpc) is 3.08. The number of rotatable bonds is 5. The molecule has 0 spiro atoms. The lowest BCUT2D eigenvalue weighted by molar-refractivity contribution is 0.526. The summed E-state index contributed by atoms with van der Waals surface area (Å²) in [5.41, 5.74) is 3.42. The fourth-order valence-corrected chi connectivity index (χ4v) is 2.71. The predicted molar refractivity (Wildman–Crippen MR) is 80.9 cm³/mol. The normalized spacial score (nSPS) is 11.3. The number of halogens is 1. The second-order valence-electron chi connectivity index (χ2n) is 4.88. The van der Waals surface area contributed by atoms with E-state index in [4.69, 9.17) is 11.6 Å². The van der Waals surface area contributed by atoms with Crippen molar-refractivity contribution in [3.05, 3.63) is 48.0 Å². The maximum atomic E-state index is 6.03. The van der Waals surface area contributed by atoms with Crippen molar-refractivity contribution < 1.29 is 0 Å². The first-order valence-electron chi connectivity index (χ1n) is 6.77. The Labute approximate surface area is 123 Å². The highest BCUT2D eigenvalue weighted by Gasteiger charge is 2.10. The Kier molecular flexibility index (Phi) is 3.74. The Bertz CT molecular complexity index is 700. The average molecular weight is 289 g/mol. The van der Waals surface area contributed by atoms with Crippen LogP contribution in [0, 0.1) is 6.92 Å². The van der Waals surface area contributed by atoms with Gasteiger partial charge in [-0.25, -0.2) is 4.98 Å². The lowest BCUT2D eigenvalue weighted by atomic mass is 10.2. The molecule has 0 atom stereocenters. The van der Waals surface area contributed by atoms with Crippen LogP contribution in [0.15, 0.2) is 36.7 Å². The van der Waals surface area contributed by atoms with Gasteiger partial charge >= 0.3 is 0 Å². The summed E-state index contributed by atoms with van der Waals surface area (Å²) in [6.45, 7) is 3.89. The van der Waals surface area contributed by atoms with Gasteiger partial charge in [0.1, 0.15) is 5.82 Å². The van der Waals surface area contributed by atoms with Crippen molar-refractivity contribution in [1.29, 1.82) is 0 Å². The molecule has 0 N–H and O–H groups in total. The van der Waals surface area contributed by atoms with Gasteiger partial charge < -0.3 is 4.57 Å². The van der Waals surface area contributed by atoms with E-state index in [2.05, 4.69) is 39.8 Å².